The van der Waals surface area contributed by atoms with Crippen molar-refractivity contribution < 1.29 is 4.79 Å². The molecule has 0 aliphatic rings. The van der Waals surface area contributed by atoms with Crippen LogP contribution in [0.25, 0.3) is 0 Å². The molecule has 0 spiro atoms. The number of carbonyl (C=O) groups is 1. The first-order valence-corrected chi connectivity index (χ1v) is 5.06. The van der Waals surface area contributed by atoms with Crippen molar-refractivity contribution in [2.45, 2.75) is 0 Å². The van der Waals surface area contributed by atoms with Crippen molar-refractivity contribution in [1.82, 2.24) is 5.32 Å². The summed E-state index contributed by atoms with van der Waals surface area (Å²) in [5.74, 6) is -0.122. The normalized spacial score (nSPS) is 10.7. The second-order valence-corrected chi connectivity index (χ2v) is 3.42. The van der Waals surface area contributed by atoms with Gasteiger partial charge in [-0.25, -0.2) is 0 Å². The van der Waals surface area contributed by atoms with E-state index in [-0.39, 0.29) is 11.2 Å². The van der Waals surface area contributed by atoms with Crippen LogP contribution in [0.4, 0.5) is 0 Å². The molecule has 4 heteroatoms. The maximum absolute atomic E-state index is 10.9. The minimum Gasteiger partial charge on any atom is -0.324 e. The van der Waals surface area contributed by atoms with Gasteiger partial charge in [0.05, 0.1) is 11.0 Å². The predicted octanol–water partition coefficient (Wildman–Crippen LogP) is 2.48. The van der Waals surface area contributed by atoms with Crippen molar-refractivity contribution in [2.75, 3.05) is 5.33 Å². The predicted molar refractivity (Wildman–Crippen MR) is 58.3 cm³/mol. The van der Waals surface area contributed by atoms with Crippen LogP contribution in [0.5, 0.6) is 0 Å². The Morgan fingerprint density at radius 1 is 1.58 bits per heavy atom. The number of nitrogens with one attached hydrogen (secondary N) is 1. The second kappa shape index (κ2) is 6.20. The van der Waals surface area contributed by atoms with Gasteiger partial charge in [0.25, 0.3) is 0 Å². The van der Waals surface area contributed by atoms with E-state index in [1.54, 1.807) is 12.2 Å². The molecule has 0 saturated heterocycles. The van der Waals surface area contributed by atoms with E-state index in [0.717, 1.165) is 0 Å². The molecule has 0 aliphatic carbocycles. The number of rotatable bonds is 4. The molecule has 1 amide bonds. The van der Waals surface area contributed by atoms with Gasteiger partial charge in [0, 0.05) is 4.48 Å². The Morgan fingerprint density at radius 2 is 2.17 bits per heavy atom. The zero-order valence-electron chi connectivity index (χ0n) is 6.44. The summed E-state index contributed by atoms with van der Waals surface area (Å²) in [6, 6.07) is 0. The van der Waals surface area contributed by atoms with Crippen molar-refractivity contribution in [3.05, 3.63) is 35.5 Å². The van der Waals surface area contributed by atoms with E-state index < -0.39 is 0 Å². The average molecular weight is 295 g/mol. The van der Waals surface area contributed by atoms with Gasteiger partial charge in [-0.05, 0) is 22.0 Å². The van der Waals surface area contributed by atoms with Crippen molar-refractivity contribution >= 4 is 37.8 Å². The number of hydrogen-bond acceptors (Lipinski definition) is 1. The van der Waals surface area contributed by atoms with Crippen molar-refractivity contribution in [2.24, 2.45) is 0 Å². The van der Waals surface area contributed by atoms with Crippen LogP contribution in [0.15, 0.2) is 35.5 Å². The first kappa shape index (κ1) is 11.6. The Labute approximate surface area is 88.7 Å². The van der Waals surface area contributed by atoms with E-state index in [2.05, 4.69) is 50.3 Å². The SMILES string of the molecule is C=C/C=C(/NC(=O)CBr)C(=C)Br. The molecule has 0 aliphatic heterocycles. The first-order chi connectivity index (χ1) is 5.61. The fourth-order valence-electron chi connectivity index (χ4n) is 0.501. The van der Waals surface area contributed by atoms with Crippen LogP contribution in [0, 0.1) is 0 Å². The van der Waals surface area contributed by atoms with E-state index in [9.17, 15) is 4.79 Å². The molecule has 0 aromatic heterocycles. The summed E-state index contributed by atoms with van der Waals surface area (Å²) in [6.45, 7) is 7.15. The third-order valence-corrected chi connectivity index (χ3v) is 1.91. The van der Waals surface area contributed by atoms with Crippen LogP contribution < -0.4 is 5.32 Å². The molecule has 0 unspecified atom stereocenters. The highest BCUT2D eigenvalue weighted by Gasteiger charge is 2.02. The Hall–Kier alpha value is -0.350. The monoisotopic (exact) mass is 293 g/mol. The molecule has 0 aromatic carbocycles. The van der Waals surface area contributed by atoms with Gasteiger partial charge in [-0.2, -0.15) is 0 Å². The number of halogens is 2. The summed E-state index contributed by atoms with van der Waals surface area (Å²) in [5, 5.41) is 2.89. The lowest BCUT2D eigenvalue weighted by atomic mass is 10.3. The van der Waals surface area contributed by atoms with Gasteiger partial charge in [-0.3, -0.25) is 4.79 Å². The Balaban J connectivity index is 4.34. The Morgan fingerprint density at radius 3 is 2.50 bits per heavy atom. The van der Waals surface area contributed by atoms with E-state index in [1.165, 1.54) is 0 Å². The lowest BCUT2D eigenvalue weighted by Gasteiger charge is -2.05. The lowest BCUT2D eigenvalue weighted by molar-refractivity contribution is -0.117. The molecule has 0 fully saturated rings. The summed E-state index contributed by atoms with van der Waals surface area (Å²) < 4.78 is 0.622. The highest BCUT2D eigenvalue weighted by molar-refractivity contribution is 9.12. The van der Waals surface area contributed by atoms with Crippen LogP contribution >= 0.6 is 31.9 Å². The molecule has 0 heterocycles. The molecular formula is C8H9Br2NO. The molecule has 0 rings (SSSR count). The molecular weight excluding hydrogens is 286 g/mol. The molecule has 0 radical (unpaired) electrons. The van der Waals surface area contributed by atoms with Gasteiger partial charge in [-0.1, -0.05) is 35.2 Å². The topological polar surface area (TPSA) is 29.1 Å². The maximum Gasteiger partial charge on any atom is 0.235 e. The average Bonchev–Trinajstić information content (AvgIpc) is 2.03. The third kappa shape index (κ3) is 4.51. The highest BCUT2D eigenvalue weighted by Crippen LogP contribution is 2.11. The third-order valence-electron chi connectivity index (χ3n) is 0.972. The van der Waals surface area contributed by atoms with Crippen molar-refractivity contribution in [3.8, 4) is 0 Å². The van der Waals surface area contributed by atoms with Crippen LogP contribution in [0.2, 0.25) is 0 Å². The Bertz CT molecular complexity index is 233. The molecule has 2 nitrogen and oxygen atoms in total. The molecule has 0 atom stereocenters. The highest BCUT2D eigenvalue weighted by atomic mass is 79.9. The molecule has 1 N–H and O–H groups in total. The molecule has 12 heavy (non-hydrogen) atoms. The number of allylic oxidation sites excluding steroid dienone is 3. The molecule has 0 aromatic rings. The number of carbonyl (C=O) groups excluding carboxylic acids is 1. The van der Waals surface area contributed by atoms with Crippen LogP contribution in [0.1, 0.15) is 0 Å². The van der Waals surface area contributed by atoms with Crippen LogP contribution in [0.3, 0.4) is 0 Å². The summed E-state index contributed by atoms with van der Waals surface area (Å²) in [7, 11) is 0. The van der Waals surface area contributed by atoms with E-state index in [4.69, 9.17) is 0 Å². The van der Waals surface area contributed by atoms with Crippen molar-refractivity contribution in [3.63, 3.8) is 0 Å². The number of amides is 1. The van der Waals surface area contributed by atoms with Gasteiger partial charge in [-0.15, -0.1) is 0 Å². The lowest BCUT2D eigenvalue weighted by Crippen LogP contribution is -2.23. The molecule has 66 valence electrons. The van der Waals surface area contributed by atoms with E-state index >= 15 is 0 Å². The van der Waals surface area contributed by atoms with Gasteiger partial charge < -0.3 is 5.32 Å². The zero-order valence-corrected chi connectivity index (χ0v) is 9.61. The van der Waals surface area contributed by atoms with E-state index in [1.807, 2.05) is 0 Å². The smallest absolute Gasteiger partial charge is 0.235 e. The summed E-state index contributed by atoms with van der Waals surface area (Å²) in [4.78, 5) is 10.9. The first-order valence-electron chi connectivity index (χ1n) is 3.15. The summed E-state index contributed by atoms with van der Waals surface area (Å²) >= 11 is 6.19. The molecule has 0 saturated carbocycles. The standard InChI is InChI=1S/C8H9Br2NO/c1-3-4-7(6(2)10)11-8(12)5-9/h3-4H,1-2,5H2,(H,11,12)/b7-4+. The fourth-order valence-corrected chi connectivity index (χ4v) is 0.873. The summed E-state index contributed by atoms with van der Waals surface area (Å²) in [6.07, 6.45) is 3.24. The quantitative estimate of drug-likeness (QED) is 0.626. The number of alkyl halides is 1. The van der Waals surface area contributed by atoms with E-state index in [0.29, 0.717) is 10.2 Å². The minimum absolute atomic E-state index is 0.122. The fraction of sp³-hybridized carbons (Fsp3) is 0.125. The van der Waals surface area contributed by atoms with Crippen molar-refractivity contribution in [1.29, 1.82) is 0 Å². The van der Waals surface area contributed by atoms with Crippen LogP contribution in [-0.4, -0.2) is 11.2 Å². The van der Waals surface area contributed by atoms with Gasteiger partial charge >= 0.3 is 0 Å². The molecule has 0 bridgehead atoms. The zero-order chi connectivity index (χ0) is 9.56. The maximum atomic E-state index is 10.9. The minimum atomic E-state index is -0.122. The van der Waals surface area contributed by atoms with Gasteiger partial charge in [0.2, 0.25) is 5.91 Å². The number of hydrogen-bond donors (Lipinski definition) is 1. The second-order valence-electron chi connectivity index (χ2n) is 1.90. The van der Waals surface area contributed by atoms with Gasteiger partial charge in [0.15, 0.2) is 0 Å². The largest absolute Gasteiger partial charge is 0.324 e. The van der Waals surface area contributed by atoms with Gasteiger partial charge in [0.1, 0.15) is 0 Å². The summed E-state index contributed by atoms with van der Waals surface area (Å²) in [5.41, 5.74) is 0.620. The van der Waals surface area contributed by atoms with Crippen LogP contribution in [-0.2, 0) is 4.79 Å². The Kier molecular flexibility index (Phi) is 6.02.